The van der Waals surface area contributed by atoms with Gasteiger partial charge in [-0.15, -0.1) is 0 Å². The van der Waals surface area contributed by atoms with Gasteiger partial charge in [0.1, 0.15) is 11.6 Å². The standard InChI is InChI=1S/C15H16FN5O2/c1-21(14(22)5-4-13-18-15(23)20-19-13)8-11-7-9-6-10(16)2-3-12(9)17-11/h2-3,6-7,17H,4-5,8H2,1H3,(H2,18,19,20,23). The molecule has 0 saturated carbocycles. The zero-order chi connectivity index (χ0) is 16.4. The van der Waals surface area contributed by atoms with Gasteiger partial charge in [0, 0.05) is 36.5 Å². The zero-order valence-corrected chi connectivity index (χ0v) is 12.5. The van der Waals surface area contributed by atoms with Crippen LogP contribution in [-0.4, -0.2) is 38.0 Å². The molecule has 1 amide bonds. The van der Waals surface area contributed by atoms with Crippen LogP contribution in [0.2, 0.25) is 0 Å². The minimum atomic E-state index is -0.383. The number of aromatic nitrogens is 4. The zero-order valence-electron chi connectivity index (χ0n) is 12.5. The first-order valence-corrected chi connectivity index (χ1v) is 7.16. The number of hydrogen-bond acceptors (Lipinski definition) is 3. The van der Waals surface area contributed by atoms with Crippen LogP contribution in [0.5, 0.6) is 0 Å². The van der Waals surface area contributed by atoms with Gasteiger partial charge in [-0.25, -0.2) is 14.3 Å². The molecule has 7 nitrogen and oxygen atoms in total. The lowest BCUT2D eigenvalue weighted by atomic mass is 10.2. The third-order valence-electron chi connectivity index (χ3n) is 3.60. The monoisotopic (exact) mass is 317 g/mol. The normalized spacial score (nSPS) is 11.0. The molecular weight excluding hydrogens is 301 g/mol. The molecule has 120 valence electrons. The summed E-state index contributed by atoms with van der Waals surface area (Å²) >= 11 is 0. The fourth-order valence-corrected chi connectivity index (χ4v) is 2.43. The summed E-state index contributed by atoms with van der Waals surface area (Å²) in [5.74, 6) is 0.0944. The van der Waals surface area contributed by atoms with E-state index in [9.17, 15) is 14.0 Å². The van der Waals surface area contributed by atoms with E-state index in [2.05, 4.69) is 20.2 Å². The molecule has 1 aromatic carbocycles. The van der Waals surface area contributed by atoms with Crippen molar-refractivity contribution in [2.45, 2.75) is 19.4 Å². The maximum Gasteiger partial charge on any atom is 0.340 e. The van der Waals surface area contributed by atoms with Crippen LogP contribution < -0.4 is 5.69 Å². The van der Waals surface area contributed by atoms with Crippen molar-refractivity contribution in [1.29, 1.82) is 0 Å². The number of hydrogen-bond donors (Lipinski definition) is 3. The topological polar surface area (TPSA) is 97.6 Å². The van der Waals surface area contributed by atoms with Crippen molar-refractivity contribution < 1.29 is 9.18 Å². The number of fused-ring (bicyclic) bond motifs is 1. The highest BCUT2D eigenvalue weighted by molar-refractivity contribution is 5.81. The Morgan fingerprint density at radius 1 is 1.30 bits per heavy atom. The van der Waals surface area contributed by atoms with Crippen LogP contribution in [0.4, 0.5) is 4.39 Å². The smallest absolute Gasteiger partial charge is 0.340 e. The lowest BCUT2D eigenvalue weighted by molar-refractivity contribution is -0.130. The lowest BCUT2D eigenvalue weighted by Crippen LogP contribution is -2.26. The maximum absolute atomic E-state index is 13.2. The molecule has 23 heavy (non-hydrogen) atoms. The van der Waals surface area contributed by atoms with Gasteiger partial charge in [-0.1, -0.05) is 0 Å². The Balaban J connectivity index is 1.61. The SMILES string of the molecule is CN(Cc1cc2cc(F)ccc2[nH]1)C(=O)CCc1n[nH]c(=O)[nH]1. The van der Waals surface area contributed by atoms with E-state index in [0.717, 1.165) is 16.6 Å². The molecule has 0 aliphatic carbocycles. The fourth-order valence-electron chi connectivity index (χ4n) is 2.43. The number of amides is 1. The highest BCUT2D eigenvalue weighted by Gasteiger charge is 2.12. The van der Waals surface area contributed by atoms with Gasteiger partial charge in [0.05, 0.1) is 6.54 Å². The number of aromatic amines is 3. The quantitative estimate of drug-likeness (QED) is 0.662. The predicted molar refractivity (Wildman–Crippen MR) is 82.3 cm³/mol. The summed E-state index contributed by atoms with van der Waals surface area (Å²) < 4.78 is 13.2. The largest absolute Gasteiger partial charge is 0.357 e. The Hall–Kier alpha value is -2.90. The van der Waals surface area contributed by atoms with E-state index >= 15 is 0 Å². The molecule has 3 aromatic rings. The molecule has 3 rings (SSSR count). The minimum absolute atomic E-state index is 0.0707. The van der Waals surface area contributed by atoms with Crippen molar-refractivity contribution in [3.05, 3.63) is 52.1 Å². The molecule has 2 heterocycles. The van der Waals surface area contributed by atoms with Gasteiger partial charge in [-0.3, -0.25) is 9.78 Å². The number of carbonyl (C=O) groups excluding carboxylic acids is 1. The van der Waals surface area contributed by atoms with Crippen molar-refractivity contribution in [1.82, 2.24) is 25.1 Å². The van der Waals surface area contributed by atoms with Crippen LogP contribution in [-0.2, 0) is 17.8 Å². The van der Waals surface area contributed by atoms with E-state index < -0.39 is 0 Å². The number of H-pyrrole nitrogens is 3. The number of benzene rings is 1. The molecule has 0 fully saturated rings. The Morgan fingerprint density at radius 3 is 2.87 bits per heavy atom. The van der Waals surface area contributed by atoms with Crippen LogP contribution in [0.25, 0.3) is 10.9 Å². The first-order chi connectivity index (χ1) is 11.0. The van der Waals surface area contributed by atoms with Crippen LogP contribution in [0.15, 0.2) is 29.1 Å². The summed E-state index contributed by atoms with van der Waals surface area (Å²) in [7, 11) is 1.70. The molecule has 0 unspecified atom stereocenters. The number of nitrogens with one attached hydrogen (secondary N) is 3. The van der Waals surface area contributed by atoms with Crippen molar-refractivity contribution in [2.24, 2.45) is 0 Å². The Morgan fingerprint density at radius 2 is 2.13 bits per heavy atom. The van der Waals surface area contributed by atoms with Crippen molar-refractivity contribution in [3.63, 3.8) is 0 Å². The van der Waals surface area contributed by atoms with E-state index in [1.165, 1.54) is 12.1 Å². The summed E-state index contributed by atoms with van der Waals surface area (Å²) in [5.41, 5.74) is 1.28. The molecule has 3 N–H and O–H groups in total. The van der Waals surface area contributed by atoms with Crippen molar-refractivity contribution in [2.75, 3.05) is 7.05 Å². The van der Waals surface area contributed by atoms with Crippen LogP contribution >= 0.6 is 0 Å². The fraction of sp³-hybridized carbons (Fsp3) is 0.267. The molecule has 0 saturated heterocycles. The van der Waals surface area contributed by atoms with Crippen LogP contribution in [0.1, 0.15) is 17.9 Å². The number of nitrogens with zero attached hydrogens (tertiary/aromatic N) is 2. The summed E-state index contributed by atoms with van der Waals surface area (Å²) in [4.78, 5) is 30.3. The molecule has 8 heteroatoms. The Kier molecular flexibility index (Phi) is 3.96. The van der Waals surface area contributed by atoms with Gasteiger partial charge < -0.3 is 9.88 Å². The van der Waals surface area contributed by atoms with E-state index in [1.54, 1.807) is 18.0 Å². The van der Waals surface area contributed by atoms with Gasteiger partial charge in [0.15, 0.2) is 0 Å². The number of halogens is 1. The molecule has 0 aliphatic rings. The Labute approximate surface area is 130 Å². The second-order valence-corrected chi connectivity index (χ2v) is 5.40. The molecule has 0 aliphatic heterocycles. The second kappa shape index (κ2) is 6.07. The molecule has 0 atom stereocenters. The average Bonchev–Trinajstić information content (AvgIpc) is 3.09. The number of carbonyl (C=O) groups is 1. The molecule has 0 radical (unpaired) electrons. The predicted octanol–water partition coefficient (Wildman–Crippen LogP) is 1.31. The van der Waals surface area contributed by atoms with Gasteiger partial charge in [-0.05, 0) is 24.3 Å². The molecule has 0 bridgehead atoms. The van der Waals surface area contributed by atoms with Gasteiger partial charge in [0.2, 0.25) is 5.91 Å². The highest BCUT2D eigenvalue weighted by atomic mass is 19.1. The molecule has 2 aromatic heterocycles. The molecular formula is C15H16FN5O2. The lowest BCUT2D eigenvalue weighted by Gasteiger charge is -2.15. The van der Waals surface area contributed by atoms with E-state index in [4.69, 9.17) is 0 Å². The van der Waals surface area contributed by atoms with E-state index in [1.807, 2.05) is 6.07 Å². The van der Waals surface area contributed by atoms with Crippen LogP contribution in [0.3, 0.4) is 0 Å². The van der Waals surface area contributed by atoms with Gasteiger partial charge in [-0.2, -0.15) is 5.10 Å². The third-order valence-corrected chi connectivity index (χ3v) is 3.60. The molecule has 0 spiro atoms. The third kappa shape index (κ3) is 3.47. The highest BCUT2D eigenvalue weighted by Crippen LogP contribution is 2.17. The second-order valence-electron chi connectivity index (χ2n) is 5.40. The van der Waals surface area contributed by atoms with Crippen molar-refractivity contribution >= 4 is 16.8 Å². The van der Waals surface area contributed by atoms with Crippen LogP contribution in [0, 0.1) is 5.82 Å². The summed E-state index contributed by atoms with van der Waals surface area (Å²) in [6.45, 7) is 0.395. The summed E-state index contributed by atoms with van der Waals surface area (Å²) in [6, 6.07) is 6.34. The van der Waals surface area contributed by atoms with Gasteiger partial charge in [0.25, 0.3) is 0 Å². The number of rotatable bonds is 5. The van der Waals surface area contributed by atoms with Crippen molar-refractivity contribution in [3.8, 4) is 0 Å². The first kappa shape index (κ1) is 15.0. The summed E-state index contributed by atoms with van der Waals surface area (Å²) in [5, 5.41) is 6.79. The van der Waals surface area contributed by atoms with E-state index in [0.29, 0.717) is 18.8 Å². The summed E-state index contributed by atoms with van der Waals surface area (Å²) in [6.07, 6.45) is 0.603. The van der Waals surface area contributed by atoms with E-state index in [-0.39, 0.29) is 23.8 Å². The number of aryl methyl sites for hydroxylation is 1. The minimum Gasteiger partial charge on any atom is -0.357 e. The maximum atomic E-state index is 13.2. The van der Waals surface area contributed by atoms with Gasteiger partial charge >= 0.3 is 5.69 Å². The first-order valence-electron chi connectivity index (χ1n) is 7.16. The Bertz CT molecular complexity index is 895. The average molecular weight is 317 g/mol.